The summed E-state index contributed by atoms with van der Waals surface area (Å²) in [5, 5.41) is 17.9. The molecule has 58 valence electrons. The quantitative estimate of drug-likeness (QED) is 0.451. The molecule has 0 atom stereocenters. The van der Waals surface area contributed by atoms with E-state index in [1.54, 1.807) is 13.0 Å². The zero-order valence-corrected chi connectivity index (χ0v) is 6.71. The van der Waals surface area contributed by atoms with Gasteiger partial charge in [-0.3, -0.25) is 0 Å². The van der Waals surface area contributed by atoms with Gasteiger partial charge in [-0.05, 0) is 18.6 Å². The zero-order chi connectivity index (χ0) is 8.43. The van der Waals surface area contributed by atoms with Gasteiger partial charge in [0, 0.05) is 11.7 Å². The van der Waals surface area contributed by atoms with E-state index in [1.807, 2.05) is 0 Å². The third-order valence-corrected chi connectivity index (χ3v) is 1.60. The van der Waals surface area contributed by atoms with Crippen LogP contribution in [-0.2, 0) is 0 Å². The third-order valence-electron chi connectivity index (χ3n) is 1.40. The number of pyridine rings is 1. The highest BCUT2D eigenvalue weighted by molar-refractivity contribution is 6.59. The summed E-state index contributed by atoms with van der Waals surface area (Å²) in [6.45, 7) is 1.74. The first-order valence-electron chi connectivity index (χ1n) is 3.09. The minimum absolute atomic E-state index is 0.354. The largest absolute Gasteiger partial charge is 0.490 e. The van der Waals surface area contributed by atoms with E-state index in [-0.39, 0.29) is 0 Å². The highest BCUT2D eigenvalue weighted by Crippen LogP contribution is 2.03. The molecule has 3 nitrogen and oxygen atoms in total. The van der Waals surface area contributed by atoms with Crippen LogP contribution in [-0.4, -0.2) is 22.2 Å². The molecule has 0 aliphatic carbocycles. The molecule has 1 aromatic heterocycles. The van der Waals surface area contributed by atoms with Crippen molar-refractivity contribution in [3.8, 4) is 0 Å². The van der Waals surface area contributed by atoms with E-state index in [0.29, 0.717) is 10.6 Å². The minimum atomic E-state index is -1.47. The molecule has 0 unspecified atom stereocenters. The number of hydrogen-bond acceptors (Lipinski definition) is 3. The Hall–Kier alpha value is -0.575. The van der Waals surface area contributed by atoms with E-state index in [0.717, 1.165) is 5.56 Å². The molecule has 0 saturated carbocycles. The summed E-state index contributed by atoms with van der Waals surface area (Å²) in [7, 11) is -1.47. The lowest BCUT2D eigenvalue weighted by atomic mass is 9.79. The van der Waals surface area contributed by atoms with Crippen molar-refractivity contribution in [1.82, 2.24) is 4.98 Å². The van der Waals surface area contributed by atoms with Gasteiger partial charge in [0.1, 0.15) is 5.15 Å². The van der Waals surface area contributed by atoms with Crippen molar-refractivity contribution in [2.45, 2.75) is 6.92 Å². The van der Waals surface area contributed by atoms with Gasteiger partial charge in [-0.15, -0.1) is 0 Å². The standard InChI is InChI=1S/C6H7BClNO2/c1-4-2-6(8)9-3-5(4)7(10)11/h2-3,10-11H,1H3. The minimum Gasteiger partial charge on any atom is -0.423 e. The highest BCUT2D eigenvalue weighted by Gasteiger charge is 2.13. The summed E-state index contributed by atoms with van der Waals surface area (Å²) in [6, 6.07) is 1.58. The third kappa shape index (κ3) is 1.93. The Kier molecular flexibility index (Phi) is 2.49. The van der Waals surface area contributed by atoms with E-state index in [9.17, 15) is 0 Å². The van der Waals surface area contributed by atoms with Gasteiger partial charge < -0.3 is 10.0 Å². The Labute approximate surface area is 69.8 Å². The lowest BCUT2D eigenvalue weighted by Gasteiger charge is -2.02. The molecule has 11 heavy (non-hydrogen) atoms. The van der Waals surface area contributed by atoms with Gasteiger partial charge in [0.25, 0.3) is 0 Å². The first-order chi connectivity index (χ1) is 5.11. The summed E-state index contributed by atoms with van der Waals surface area (Å²) < 4.78 is 0. The SMILES string of the molecule is Cc1cc(Cl)ncc1B(O)O. The van der Waals surface area contributed by atoms with Gasteiger partial charge >= 0.3 is 7.12 Å². The second-order valence-electron chi connectivity index (χ2n) is 2.24. The maximum Gasteiger partial charge on any atom is 0.490 e. The van der Waals surface area contributed by atoms with Gasteiger partial charge in [-0.1, -0.05) is 11.6 Å². The number of aryl methyl sites for hydroxylation is 1. The van der Waals surface area contributed by atoms with Crippen LogP contribution in [0.5, 0.6) is 0 Å². The van der Waals surface area contributed by atoms with Crippen LogP contribution < -0.4 is 5.46 Å². The molecule has 0 spiro atoms. The average molecular weight is 171 g/mol. The summed E-state index contributed by atoms with van der Waals surface area (Å²) in [5.41, 5.74) is 1.11. The van der Waals surface area contributed by atoms with E-state index < -0.39 is 7.12 Å². The van der Waals surface area contributed by atoms with Crippen molar-refractivity contribution in [3.05, 3.63) is 23.0 Å². The Balaban J connectivity index is 3.09. The van der Waals surface area contributed by atoms with Crippen molar-refractivity contribution < 1.29 is 10.0 Å². The number of nitrogens with zero attached hydrogens (tertiary/aromatic N) is 1. The normalized spacial score (nSPS) is 9.82. The van der Waals surface area contributed by atoms with E-state index >= 15 is 0 Å². The maximum absolute atomic E-state index is 8.77. The fourth-order valence-corrected chi connectivity index (χ4v) is 1.02. The number of hydrogen-bond donors (Lipinski definition) is 2. The molecule has 0 aromatic carbocycles. The molecular formula is C6H7BClNO2. The van der Waals surface area contributed by atoms with Crippen molar-refractivity contribution >= 4 is 24.2 Å². The highest BCUT2D eigenvalue weighted by atomic mass is 35.5. The molecule has 1 heterocycles. The number of halogens is 1. The fourth-order valence-electron chi connectivity index (χ4n) is 0.803. The van der Waals surface area contributed by atoms with Crippen LogP contribution in [0.2, 0.25) is 5.15 Å². The summed E-state index contributed by atoms with van der Waals surface area (Å²) in [4.78, 5) is 3.71. The van der Waals surface area contributed by atoms with Crippen molar-refractivity contribution in [2.24, 2.45) is 0 Å². The van der Waals surface area contributed by atoms with Crippen LogP contribution in [0.1, 0.15) is 5.56 Å². The summed E-state index contributed by atoms with van der Waals surface area (Å²) in [6.07, 6.45) is 1.35. The molecule has 0 bridgehead atoms. The monoisotopic (exact) mass is 171 g/mol. The predicted molar refractivity (Wildman–Crippen MR) is 43.8 cm³/mol. The van der Waals surface area contributed by atoms with Crippen molar-refractivity contribution in [1.29, 1.82) is 0 Å². The van der Waals surface area contributed by atoms with Gasteiger partial charge in [-0.25, -0.2) is 4.98 Å². The molecule has 1 aromatic rings. The zero-order valence-electron chi connectivity index (χ0n) is 5.95. The molecule has 0 aliphatic rings. The molecule has 0 radical (unpaired) electrons. The fraction of sp³-hybridized carbons (Fsp3) is 0.167. The molecule has 5 heteroatoms. The molecule has 0 saturated heterocycles. The second kappa shape index (κ2) is 3.22. The second-order valence-corrected chi connectivity index (χ2v) is 2.62. The van der Waals surface area contributed by atoms with Crippen LogP contribution >= 0.6 is 11.6 Å². The van der Waals surface area contributed by atoms with E-state index in [2.05, 4.69) is 4.98 Å². The van der Waals surface area contributed by atoms with Gasteiger partial charge in [0.2, 0.25) is 0 Å². The molecule has 2 N–H and O–H groups in total. The summed E-state index contributed by atoms with van der Waals surface area (Å²) in [5.74, 6) is 0. The van der Waals surface area contributed by atoms with Crippen molar-refractivity contribution in [2.75, 3.05) is 0 Å². The van der Waals surface area contributed by atoms with Gasteiger partial charge in [0.15, 0.2) is 0 Å². The van der Waals surface area contributed by atoms with E-state index in [4.69, 9.17) is 21.6 Å². The average Bonchev–Trinajstić information content (AvgIpc) is 1.85. The van der Waals surface area contributed by atoms with Gasteiger partial charge in [-0.2, -0.15) is 0 Å². The molecule has 0 amide bonds. The van der Waals surface area contributed by atoms with Crippen LogP contribution in [0, 0.1) is 6.92 Å². The topological polar surface area (TPSA) is 53.4 Å². The molecule has 1 rings (SSSR count). The Morgan fingerprint density at radius 3 is 2.64 bits per heavy atom. The smallest absolute Gasteiger partial charge is 0.423 e. The Bertz CT molecular complexity index is 267. The Morgan fingerprint density at radius 2 is 2.18 bits per heavy atom. The first-order valence-corrected chi connectivity index (χ1v) is 3.47. The first kappa shape index (κ1) is 8.52. The Morgan fingerprint density at radius 1 is 1.55 bits per heavy atom. The lowest BCUT2D eigenvalue weighted by molar-refractivity contribution is 0.425. The lowest BCUT2D eigenvalue weighted by Crippen LogP contribution is -2.32. The summed E-state index contributed by atoms with van der Waals surface area (Å²) >= 11 is 5.55. The van der Waals surface area contributed by atoms with Crippen LogP contribution in [0.25, 0.3) is 0 Å². The number of aromatic nitrogens is 1. The van der Waals surface area contributed by atoms with Crippen LogP contribution in [0.15, 0.2) is 12.3 Å². The van der Waals surface area contributed by atoms with Crippen LogP contribution in [0.3, 0.4) is 0 Å². The maximum atomic E-state index is 8.77. The van der Waals surface area contributed by atoms with Crippen LogP contribution in [0.4, 0.5) is 0 Å². The van der Waals surface area contributed by atoms with Gasteiger partial charge in [0.05, 0.1) is 0 Å². The molecule has 0 aliphatic heterocycles. The number of rotatable bonds is 1. The predicted octanol–water partition coefficient (Wildman–Crippen LogP) is -0.277. The molecule has 0 fully saturated rings. The molecular weight excluding hydrogens is 164 g/mol. The van der Waals surface area contributed by atoms with E-state index in [1.165, 1.54) is 6.20 Å². The van der Waals surface area contributed by atoms with Crippen molar-refractivity contribution in [3.63, 3.8) is 0 Å².